The summed E-state index contributed by atoms with van der Waals surface area (Å²) in [7, 11) is 0. The average Bonchev–Trinajstić information content (AvgIpc) is 3.44. The molecule has 0 aliphatic carbocycles. The van der Waals surface area contributed by atoms with E-state index in [-0.39, 0.29) is 0 Å². The maximum absolute atomic E-state index is 5.41. The standard InChI is InChI=1S/C67H43N3/c1-5-21-44(22-6-1)45-37-39-49(40-38-45)66-68-65(48-27-11-4-12-28-48)69-67(70-66)52-42-50(63-57-33-17-13-29-53(57)61(46-23-7-2-8-24-46)54-30-14-18-34-58(54)63)41-51(43-52)64-59-35-19-15-31-55(59)62(47-25-9-3-10-26-47)56-32-16-20-36-60(56)64/h1-43H. The van der Waals surface area contributed by atoms with E-state index in [1.54, 1.807) is 0 Å². The van der Waals surface area contributed by atoms with Crippen LogP contribution in [0.5, 0.6) is 0 Å². The smallest absolute Gasteiger partial charge is 0.164 e. The summed E-state index contributed by atoms with van der Waals surface area (Å²) in [6.07, 6.45) is 0. The van der Waals surface area contributed by atoms with E-state index in [9.17, 15) is 0 Å². The first-order valence-electron chi connectivity index (χ1n) is 23.8. The van der Waals surface area contributed by atoms with Crippen LogP contribution in [-0.2, 0) is 0 Å². The molecule has 326 valence electrons. The molecule has 0 atom stereocenters. The fourth-order valence-corrected chi connectivity index (χ4v) is 10.5. The monoisotopic (exact) mass is 889 g/mol. The maximum atomic E-state index is 5.41. The van der Waals surface area contributed by atoms with Gasteiger partial charge in [-0.3, -0.25) is 0 Å². The molecule has 1 aromatic heterocycles. The van der Waals surface area contributed by atoms with Gasteiger partial charge in [0, 0.05) is 16.7 Å². The van der Waals surface area contributed by atoms with Crippen LogP contribution in [0.1, 0.15) is 0 Å². The van der Waals surface area contributed by atoms with Gasteiger partial charge in [-0.25, -0.2) is 15.0 Å². The molecule has 0 saturated carbocycles. The van der Waals surface area contributed by atoms with Gasteiger partial charge in [-0.1, -0.05) is 243 Å². The molecule has 0 radical (unpaired) electrons. The minimum absolute atomic E-state index is 0.600. The van der Waals surface area contributed by atoms with Crippen LogP contribution in [0.4, 0.5) is 0 Å². The topological polar surface area (TPSA) is 38.7 Å². The molecule has 70 heavy (non-hydrogen) atoms. The molecule has 0 aliphatic heterocycles. The average molecular weight is 890 g/mol. The third-order valence-corrected chi connectivity index (χ3v) is 13.7. The zero-order chi connectivity index (χ0) is 46.4. The fourth-order valence-electron chi connectivity index (χ4n) is 10.5. The van der Waals surface area contributed by atoms with Gasteiger partial charge in [0.25, 0.3) is 0 Å². The summed E-state index contributed by atoms with van der Waals surface area (Å²) in [5, 5.41) is 9.51. The minimum atomic E-state index is 0.600. The summed E-state index contributed by atoms with van der Waals surface area (Å²) < 4.78 is 0. The van der Waals surface area contributed by atoms with Gasteiger partial charge in [0.05, 0.1) is 0 Å². The molecule has 12 aromatic carbocycles. The second-order valence-corrected chi connectivity index (χ2v) is 17.8. The lowest BCUT2D eigenvalue weighted by atomic mass is 9.83. The fraction of sp³-hybridized carbons (Fsp3) is 0. The minimum Gasteiger partial charge on any atom is -0.208 e. The first-order chi connectivity index (χ1) is 34.7. The highest BCUT2D eigenvalue weighted by Crippen LogP contribution is 2.48. The number of nitrogens with zero attached hydrogens (tertiary/aromatic N) is 3. The molecule has 3 heteroatoms. The lowest BCUT2D eigenvalue weighted by Gasteiger charge is -2.21. The van der Waals surface area contributed by atoms with Crippen molar-refractivity contribution >= 4 is 43.1 Å². The number of hydrogen-bond donors (Lipinski definition) is 0. The molecule has 0 spiro atoms. The van der Waals surface area contributed by atoms with Crippen molar-refractivity contribution in [1.82, 2.24) is 15.0 Å². The third-order valence-electron chi connectivity index (χ3n) is 13.7. The summed E-state index contributed by atoms with van der Waals surface area (Å²) in [6.45, 7) is 0. The second-order valence-electron chi connectivity index (χ2n) is 17.8. The first kappa shape index (κ1) is 40.9. The van der Waals surface area contributed by atoms with Gasteiger partial charge in [0.15, 0.2) is 17.5 Å². The molecule has 0 aliphatic rings. The molecule has 0 fully saturated rings. The molecule has 0 bridgehead atoms. The molecule has 0 N–H and O–H groups in total. The largest absolute Gasteiger partial charge is 0.208 e. The molecule has 1 heterocycles. The van der Waals surface area contributed by atoms with Gasteiger partial charge in [-0.15, -0.1) is 0 Å². The van der Waals surface area contributed by atoms with Crippen molar-refractivity contribution in [3.63, 3.8) is 0 Å². The molecule has 0 unspecified atom stereocenters. The van der Waals surface area contributed by atoms with E-state index in [0.29, 0.717) is 17.5 Å². The van der Waals surface area contributed by atoms with E-state index >= 15 is 0 Å². The highest BCUT2D eigenvalue weighted by molar-refractivity contribution is 6.24. The zero-order valence-corrected chi connectivity index (χ0v) is 38.2. The van der Waals surface area contributed by atoms with Crippen LogP contribution in [0.25, 0.3) is 133 Å². The van der Waals surface area contributed by atoms with E-state index < -0.39 is 0 Å². The number of rotatable bonds is 8. The van der Waals surface area contributed by atoms with Crippen molar-refractivity contribution in [2.24, 2.45) is 0 Å². The van der Waals surface area contributed by atoms with Crippen molar-refractivity contribution in [3.05, 3.63) is 261 Å². The Kier molecular flexibility index (Phi) is 10.2. The summed E-state index contributed by atoms with van der Waals surface area (Å²) in [4.78, 5) is 16.0. The van der Waals surface area contributed by atoms with E-state index in [2.05, 4.69) is 237 Å². The first-order valence-corrected chi connectivity index (χ1v) is 23.8. The second kappa shape index (κ2) is 17.4. The number of fused-ring (bicyclic) bond motifs is 4. The van der Waals surface area contributed by atoms with Crippen LogP contribution in [0.15, 0.2) is 261 Å². The van der Waals surface area contributed by atoms with Crippen molar-refractivity contribution in [1.29, 1.82) is 0 Å². The lowest BCUT2D eigenvalue weighted by molar-refractivity contribution is 1.07. The van der Waals surface area contributed by atoms with Crippen LogP contribution in [0, 0.1) is 0 Å². The highest BCUT2D eigenvalue weighted by atomic mass is 15.0. The SMILES string of the molecule is c1ccc(-c2ccc(-c3nc(-c4ccccc4)nc(-c4cc(-c5c6ccccc6c(-c6ccccc6)c6ccccc56)cc(-c5c6ccccc6c(-c6ccccc6)c6ccccc56)c4)n3)cc2)cc1. The van der Waals surface area contributed by atoms with E-state index in [4.69, 9.17) is 15.0 Å². The van der Waals surface area contributed by atoms with Crippen LogP contribution < -0.4 is 0 Å². The van der Waals surface area contributed by atoms with E-state index in [0.717, 1.165) is 50.1 Å². The summed E-state index contributed by atoms with van der Waals surface area (Å²) in [6, 6.07) is 93.3. The Labute approximate surface area is 406 Å². The van der Waals surface area contributed by atoms with Gasteiger partial charge >= 0.3 is 0 Å². The Morgan fingerprint density at radius 1 is 0.157 bits per heavy atom. The molecule has 0 amide bonds. The van der Waals surface area contributed by atoms with E-state index in [1.807, 2.05) is 24.3 Å². The van der Waals surface area contributed by atoms with E-state index in [1.165, 1.54) is 65.3 Å². The van der Waals surface area contributed by atoms with Gasteiger partial charge in [0.2, 0.25) is 0 Å². The Morgan fingerprint density at radius 3 is 0.714 bits per heavy atom. The Balaban J connectivity index is 1.13. The number of benzene rings is 12. The summed E-state index contributed by atoms with van der Waals surface area (Å²) >= 11 is 0. The predicted molar refractivity (Wildman–Crippen MR) is 293 cm³/mol. The molecule has 3 nitrogen and oxygen atoms in total. The molecule has 13 rings (SSSR count). The summed E-state index contributed by atoms with van der Waals surface area (Å²) in [5.41, 5.74) is 14.4. The predicted octanol–water partition coefficient (Wildman–Crippen LogP) is 17.8. The summed E-state index contributed by atoms with van der Waals surface area (Å²) in [5.74, 6) is 1.83. The quantitative estimate of drug-likeness (QED) is 0.143. The molecular weight excluding hydrogens is 847 g/mol. The van der Waals surface area contributed by atoms with Gasteiger partial charge in [0.1, 0.15) is 0 Å². The number of hydrogen-bond acceptors (Lipinski definition) is 3. The molecule has 13 aromatic rings. The maximum Gasteiger partial charge on any atom is 0.164 e. The highest BCUT2D eigenvalue weighted by Gasteiger charge is 2.22. The molecular formula is C67H43N3. The normalized spacial score (nSPS) is 11.4. The third kappa shape index (κ3) is 7.20. The Morgan fingerprint density at radius 2 is 0.371 bits per heavy atom. The van der Waals surface area contributed by atoms with Crippen molar-refractivity contribution in [2.45, 2.75) is 0 Å². The van der Waals surface area contributed by atoms with Crippen molar-refractivity contribution in [3.8, 4) is 89.8 Å². The van der Waals surface area contributed by atoms with Crippen molar-refractivity contribution < 1.29 is 0 Å². The van der Waals surface area contributed by atoms with Gasteiger partial charge < -0.3 is 0 Å². The lowest BCUT2D eigenvalue weighted by Crippen LogP contribution is -2.01. The van der Waals surface area contributed by atoms with Crippen LogP contribution in [0.3, 0.4) is 0 Å². The van der Waals surface area contributed by atoms with Crippen LogP contribution in [-0.4, -0.2) is 15.0 Å². The number of aromatic nitrogens is 3. The van der Waals surface area contributed by atoms with Crippen molar-refractivity contribution in [2.75, 3.05) is 0 Å². The Hall–Kier alpha value is -9.31. The van der Waals surface area contributed by atoms with Crippen LogP contribution >= 0.6 is 0 Å². The molecule has 0 saturated heterocycles. The van der Waals surface area contributed by atoms with Gasteiger partial charge in [-0.2, -0.15) is 0 Å². The zero-order valence-electron chi connectivity index (χ0n) is 38.2. The Bertz CT molecular complexity index is 3780. The van der Waals surface area contributed by atoms with Gasteiger partial charge in [-0.05, 0) is 117 Å². The van der Waals surface area contributed by atoms with Crippen LogP contribution in [0.2, 0.25) is 0 Å².